The Morgan fingerprint density at radius 3 is 2.41 bits per heavy atom. The number of Topliss-reactive ketones (excluding diaryl/α,β-unsaturated/α-hetero) is 2. The zero-order valence-electron chi connectivity index (χ0n) is 10.9. The van der Waals surface area contributed by atoms with Gasteiger partial charge < -0.3 is 16.8 Å². The van der Waals surface area contributed by atoms with Crippen molar-refractivity contribution in [2.45, 2.75) is 51.6 Å². The topological polar surface area (TPSA) is 98.2 Å². The lowest BCUT2D eigenvalue weighted by molar-refractivity contribution is -0.121. The second-order valence-electron chi connectivity index (χ2n) is 4.28. The molecule has 0 rings (SSSR count). The van der Waals surface area contributed by atoms with Gasteiger partial charge in [0.25, 0.3) is 0 Å². The van der Waals surface area contributed by atoms with Gasteiger partial charge in [-0.1, -0.05) is 13.3 Å². The highest BCUT2D eigenvalue weighted by Gasteiger charge is 2.16. The minimum atomic E-state index is -0.446. The summed E-state index contributed by atoms with van der Waals surface area (Å²) >= 11 is 0. The van der Waals surface area contributed by atoms with Crippen LogP contribution in [-0.2, 0) is 9.59 Å². The zero-order chi connectivity index (χ0) is 13.3. The van der Waals surface area contributed by atoms with Gasteiger partial charge in [0.15, 0.2) is 5.78 Å². The molecule has 5 N–H and O–H groups in total. The molecule has 0 spiro atoms. The highest BCUT2D eigenvalue weighted by Crippen LogP contribution is 1.99. The molecule has 0 aliphatic rings. The van der Waals surface area contributed by atoms with E-state index in [1.54, 1.807) is 13.8 Å². The number of hydrogen-bond donors (Lipinski definition) is 3. The molecule has 2 atom stereocenters. The van der Waals surface area contributed by atoms with Gasteiger partial charge in [0.2, 0.25) is 0 Å². The van der Waals surface area contributed by atoms with Crippen molar-refractivity contribution in [1.29, 1.82) is 0 Å². The van der Waals surface area contributed by atoms with Crippen LogP contribution in [0.2, 0.25) is 0 Å². The fourth-order valence-corrected chi connectivity index (χ4v) is 1.47. The molecule has 0 saturated carbocycles. The second-order valence-corrected chi connectivity index (χ2v) is 4.28. The monoisotopic (exact) mass is 243 g/mol. The first kappa shape index (κ1) is 16.2. The SMILES string of the molecule is CCC(=O)[C@H](C)NCC(=O)[C@@H](N)CCCCN. The Morgan fingerprint density at radius 1 is 1.24 bits per heavy atom. The molecule has 5 nitrogen and oxygen atoms in total. The Balaban J connectivity index is 3.80. The summed E-state index contributed by atoms with van der Waals surface area (Å²) in [5.74, 6) is 0.0623. The summed E-state index contributed by atoms with van der Waals surface area (Å²) in [6.07, 6.45) is 2.89. The van der Waals surface area contributed by atoms with Gasteiger partial charge in [0, 0.05) is 6.42 Å². The third-order valence-corrected chi connectivity index (χ3v) is 2.80. The average Bonchev–Trinajstić information content (AvgIpc) is 2.34. The summed E-state index contributed by atoms with van der Waals surface area (Å²) < 4.78 is 0. The first-order chi connectivity index (χ1) is 8.02. The Kier molecular flexibility index (Phi) is 8.85. The van der Waals surface area contributed by atoms with E-state index in [0.717, 1.165) is 12.8 Å². The number of nitrogens with two attached hydrogens (primary N) is 2. The molecule has 0 saturated heterocycles. The highest BCUT2D eigenvalue weighted by molar-refractivity contribution is 5.87. The molecule has 0 bridgehead atoms. The summed E-state index contributed by atoms with van der Waals surface area (Å²) in [4.78, 5) is 22.9. The molecular weight excluding hydrogens is 218 g/mol. The van der Waals surface area contributed by atoms with Crippen molar-refractivity contribution < 1.29 is 9.59 Å². The molecule has 0 aromatic rings. The first-order valence-electron chi connectivity index (χ1n) is 6.27. The Labute approximate surface area is 103 Å². The Bertz CT molecular complexity index is 244. The number of ketones is 2. The molecule has 0 aliphatic carbocycles. The maximum Gasteiger partial charge on any atom is 0.163 e. The Morgan fingerprint density at radius 2 is 1.88 bits per heavy atom. The van der Waals surface area contributed by atoms with Gasteiger partial charge >= 0.3 is 0 Å². The van der Waals surface area contributed by atoms with Gasteiger partial charge in [0.1, 0.15) is 5.78 Å². The smallest absolute Gasteiger partial charge is 0.163 e. The Hall–Kier alpha value is -0.780. The third kappa shape index (κ3) is 7.20. The van der Waals surface area contributed by atoms with E-state index < -0.39 is 6.04 Å². The molecule has 0 aliphatic heterocycles. The van der Waals surface area contributed by atoms with Crippen LogP contribution in [0.15, 0.2) is 0 Å². The van der Waals surface area contributed by atoms with Crippen LogP contribution in [0.25, 0.3) is 0 Å². The number of nitrogens with one attached hydrogen (secondary N) is 1. The largest absolute Gasteiger partial charge is 0.330 e. The minimum absolute atomic E-state index is 0.0437. The number of carbonyl (C=O) groups is 2. The fraction of sp³-hybridized carbons (Fsp3) is 0.833. The van der Waals surface area contributed by atoms with Crippen LogP contribution in [0, 0.1) is 0 Å². The van der Waals surface area contributed by atoms with Crippen molar-refractivity contribution in [3.05, 3.63) is 0 Å². The standard InChI is InChI=1S/C12H25N3O2/c1-3-11(16)9(2)15-8-12(17)10(14)6-4-5-7-13/h9-10,15H,3-8,13-14H2,1-2H3/t9-,10-/m0/s1. The van der Waals surface area contributed by atoms with Crippen LogP contribution >= 0.6 is 0 Å². The summed E-state index contributed by atoms with van der Waals surface area (Å²) in [5.41, 5.74) is 11.1. The maximum absolute atomic E-state index is 11.6. The molecule has 0 aromatic heterocycles. The summed E-state index contributed by atoms with van der Waals surface area (Å²) in [5, 5.41) is 2.90. The van der Waals surface area contributed by atoms with E-state index in [2.05, 4.69) is 5.32 Å². The van der Waals surface area contributed by atoms with Crippen LogP contribution in [0.5, 0.6) is 0 Å². The van der Waals surface area contributed by atoms with Crippen molar-refractivity contribution in [2.24, 2.45) is 11.5 Å². The lowest BCUT2D eigenvalue weighted by Crippen LogP contribution is -2.43. The molecule has 17 heavy (non-hydrogen) atoms. The molecule has 0 unspecified atom stereocenters. The van der Waals surface area contributed by atoms with E-state index in [-0.39, 0.29) is 24.2 Å². The average molecular weight is 243 g/mol. The molecule has 0 fully saturated rings. The van der Waals surface area contributed by atoms with E-state index in [0.29, 0.717) is 19.4 Å². The maximum atomic E-state index is 11.6. The van der Waals surface area contributed by atoms with Crippen LogP contribution in [-0.4, -0.2) is 36.7 Å². The van der Waals surface area contributed by atoms with Gasteiger partial charge in [-0.25, -0.2) is 0 Å². The number of rotatable bonds is 10. The summed E-state index contributed by atoms with van der Waals surface area (Å²) in [6, 6.07) is -0.724. The first-order valence-corrected chi connectivity index (χ1v) is 6.27. The molecule has 0 radical (unpaired) electrons. The van der Waals surface area contributed by atoms with Crippen molar-refractivity contribution in [2.75, 3.05) is 13.1 Å². The number of unbranched alkanes of at least 4 members (excludes halogenated alkanes) is 1. The van der Waals surface area contributed by atoms with E-state index in [1.165, 1.54) is 0 Å². The molecule has 0 aromatic carbocycles. The van der Waals surface area contributed by atoms with Crippen molar-refractivity contribution in [1.82, 2.24) is 5.32 Å². The summed E-state index contributed by atoms with van der Waals surface area (Å²) in [6.45, 7) is 4.36. The quantitative estimate of drug-likeness (QED) is 0.468. The van der Waals surface area contributed by atoms with E-state index in [1.807, 2.05) is 0 Å². The molecule has 0 amide bonds. The predicted molar refractivity (Wildman–Crippen MR) is 68.7 cm³/mol. The van der Waals surface area contributed by atoms with E-state index in [4.69, 9.17) is 11.5 Å². The van der Waals surface area contributed by atoms with Crippen LogP contribution < -0.4 is 16.8 Å². The van der Waals surface area contributed by atoms with Crippen LogP contribution in [0.1, 0.15) is 39.5 Å². The molecule has 0 heterocycles. The van der Waals surface area contributed by atoms with E-state index in [9.17, 15) is 9.59 Å². The van der Waals surface area contributed by atoms with Gasteiger partial charge in [-0.2, -0.15) is 0 Å². The van der Waals surface area contributed by atoms with Gasteiger partial charge in [-0.15, -0.1) is 0 Å². The third-order valence-electron chi connectivity index (χ3n) is 2.80. The normalized spacial score (nSPS) is 14.4. The minimum Gasteiger partial charge on any atom is -0.330 e. The molecule has 5 heteroatoms. The number of hydrogen-bond acceptors (Lipinski definition) is 5. The number of carbonyl (C=O) groups excluding carboxylic acids is 2. The van der Waals surface area contributed by atoms with Gasteiger partial charge in [-0.3, -0.25) is 9.59 Å². The van der Waals surface area contributed by atoms with Gasteiger partial charge in [-0.05, 0) is 26.3 Å². The van der Waals surface area contributed by atoms with E-state index >= 15 is 0 Å². The van der Waals surface area contributed by atoms with Crippen LogP contribution in [0.3, 0.4) is 0 Å². The van der Waals surface area contributed by atoms with Crippen molar-refractivity contribution in [3.8, 4) is 0 Å². The summed E-state index contributed by atoms with van der Waals surface area (Å²) in [7, 11) is 0. The fourth-order valence-electron chi connectivity index (χ4n) is 1.47. The van der Waals surface area contributed by atoms with Gasteiger partial charge in [0.05, 0.1) is 18.6 Å². The molecule has 100 valence electrons. The van der Waals surface area contributed by atoms with Crippen molar-refractivity contribution in [3.63, 3.8) is 0 Å². The van der Waals surface area contributed by atoms with Crippen LogP contribution in [0.4, 0.5) is 0 Å². The predicted octanol–water partition coefficient (Wildman–Crippen LogP) is -0.0310. The highest BCUT2D eigenvalue weighted by atomic mass is 16.1. The molecular formula is C12H25N3O2. The zero-order valence-corrected chi connectivity index (χ0v) is 10.9. The lowest BCUT2D eigenvalue weighted by Gasteiger charge is -2.14. The lowest BCUT2D eigenvalue weighted by atomic mass is 10.1. The second kappa shape index (κ2) is 9.27. The van der Waals surface area contributed by atoms with Crippen molar-refractivity contribution >= 4 is 11.6 Å².